The number of hydrogen-bond donors (Lipinski definition) is 1. The monoisotopic (exact) mass is 257 g/mol. The second-order valence-electron chi connectivity index (χ2n) is 4.24. The summed E-state index contributed by atoms with van der Waals surface area (Å²) >= 11 is 6.01. The SMILES string of the molecule is COc1ccc2cc3cc(Cl)ccc3c(N)c2c1. The number of nitrogens with two attached hydrogens (primary N) is 1. The number of rotatable bonds is 1. The van der Waals surface area contributed by atoms with E-state index in [-0.39, 0.29) is 0 Å². The Hall–Kier alpha value is -1.93. The number of fused-ring (bicyclic) bond motifs is 2. The molecule has 0 saturated heterocycles. The van der Waals surface area contributed by atoms with Crippen molar-refractivity contribution in [3.05, 3.63) is 47.5 Å². The molecule has 0 unspecified atom stereocenters. The molecule has 0 aliphatic heterocycles. The molecule has 0 radical (unpaired) electrons. The summed E-state index contributed by atoms with van der Waals surface area (Å²) in [5.74, 6) is 0.808. The summed E-state index contributed by atoms with van der Waals surface area (Å²) in [5.41, 5.74) is 6.99. The molecule has 0 aromatic heterocycles. The fourth-order valence-electron chi connectivity index (χ4n) is 2.23. The van der Waals surface area contributed by atoms with Crippen LogP contribution in [-0.2, 0) is 0 Å². The van der Waals surface area contributed by atoms with Crippen LogP contribution in [0.3, 0.4) is 0 Å². The van der Waals surface area contributed by atoms with Crippen LogP contribution in [0.2, 0.25) is 5.02 Å². The normalized spacial score (nSPS) is 11.0. The molecule has 3 aromatic carbocycles. The number of nitrogen functional groups attached to an aromatic ring is 1. The number of benzene rings is 3. The third-order valence-electron chi connectivity index (χ3n) is 3.17. The first-order chi connectivity index (χ1) is 8.69. The van der Waals surface area contributed by atoms with Crippen molar-refractivity contribution in [1.29, 1.82) is 0 Å². The molecule has 0 atom stereocenters. The highest BCUT2D eigenvalue weighted by atomic mass is 35.5. The van der Waals surface area contributed by atoms with E-state index in [2.05, 4.69) is 6.07 Å². The standard InChI is InChI=1S/C15H12ClNO/c1-18-12-4-2-9-6-10-7-11(16)3-5-13(10)15(17)14(9)8-12/h2-8H,17H2,1H3. The maximum Gasteiger partial charge on any atom is 0.119 e. The number of halogens is 1. The Morgan fingerprint density at radius 2 is 1.78 bits per heavy atom. The van der Waals surface area contributed by atoms with Gasteiger partial charge in [-0.1, -0.05) is 23.7 Å². The molecule has 3 heteroatoms. The minimum atomic E-state index is 0.717. The van der Waals surface area contributed by atoms with Crippen molar-refractivity contribution >= 4 is 38.8 Å². The Bertz CT molecular complexity index is 752. The lowest BCUT2D eigenvalue weighted by Gasteiger charge is -2.09. The van der Waals surface area contributed by atoms with Crippen molar-refractivity contribution in [2.24, 2.45) is 0 Å². The van der Waals surface area contributed by atoms with Crippen LogP contribution in [-0.4, -0.2) is 7.11 Å². The molecule has 0 saturated carbocycles. The Labute approximate surface area is 110 Å². The van der Waals surface area contributed by atoms with E-state index < -0.39 is 0 Å². The molecule has 90 valence electrons. The van der Waals surface area contributed by atoms with E-state index in [0.717, 1.165) is 38.0 Å². The molecule has 3 aromatic rings. The molecular weight excluding hydrogens is 246 g/mol. The van der Waals surface area contributed by atoms with Gasteiger partial charge in [-0.2, -0.15) is 0 Å². The fraction of sp³-hybridized carbons (Fsp3) is 0.0667. The summed E-state index contributed by atoms with van der Waals surface area (Å²) < 4.78 is 5.23. The minimum absolute atomic E-state index is 0.717. The summed E-state index contributed by atoms with van der Waals surface area (Å²) in [7, 11) is 1.65. The Kier molecular flexibility index (Phi) is 2.53. The highest BCUT2D eigenvalue weighted by Gasteiger charge is 2.06. The largest absolute Gasteiger partial charge is 0.497 e. The molecule has 2 N–H and O–H groups in total. The lowest BCUT2D eigenvalue weighted by atomic mass is 10.0. The van der Waals surface area contributed by atoms with E-state index in [1.54, 1.807) is 7.11 Å². The quantitative estimate of drug-likeness (QED) is 0.523. The third-order valence-corrected chi connectivity index (χ3v) is 3.40. The predicted molar refractivity (Wildman–Crippen MR) is 77.4 cm³/mol. The van der Waals surface area contributed by atoms with Gasteiger partial charge >= 0.3 is 0 Å². The molecule has 3 rings (SSSR count). The van der Waals surface area contributed by atoms with Crippen LogP contribution < -0.4 is 10.5 Å². The molecule has 0 aliphatic carbocycles. The fourth-order valence-corrected chi connectivity index (χ4v) is 2.41. The van der Waals surface area contributed by atoms with Crippen LogP contribution in [0.4, 0.5) is 5.69 Å². The highest BCUT2D eigenvalue weighted by molar-refractivity contribution is 6.31. The molecule has 0 heterocycles. The van der Waals surface area contributed by atoms with Gasteiger partial charge in [-0.15, -0.1) is 0 Å². The Balaban J connectivity index is 2.44. The number of anilines is 1. The Morgan fingerprint density at radius 1 is 0.944 bits per heavy atom. The van der Waals surface area contributed by atoms with Crippen molar-refractivity contribution in [3.63, 3.8) is 0 Å². The van der Waals surface area contributed by atoms with E-state index in [9.17, 15) is 0 Å². The average molecular weight is 258 g/mol. The number of hydrogen-bond acceptors (Lipinski definition) is 2. The van der Waals surface area contributed by atoms with Crippen LogP contribution >= 0.6 is 11.6 Å². The smallest absolute Gasteiger partial charge is 0.119 e. The van der Waals surface area contributed by atoms with E-state index in [0.29, 0.717) is 0 Å². The molecule has 0 spiro atoms. The number of methoxy groups -OCH3 is 1. The van der Waals surface area contributed by atoms with Crippen molar-refractivity contribution in [2.75, 3.05) is 12.8 Å². The van der Waals surface area contributed by atoms with Gasteiger partial charge in [-0.3, -0.25) is 0 Å². The van der Waals surface area contributed by atoms with Crippen molar-refractivity contribution < 1.29 is 4.74 Å². The van der Waals surface area contributed by atoms with E-state index in [4.69, 9.17) is 22.1 Å². The lowest BCUT2D eigenvalue weighted by molar-refractivity contribution is 0.415. The van der Waals surface area contributed by atoms with E-state index >= 15 is 0 Å². The van der Waals surface area contributed by atoms with Crippen LogP contribution in [0, 0.1) is 0 Å². The van der Waals surface area contributed by atoms with Crippen LogP contribution in [0.15, 0.2) is 42.5 Å². The zero-order valence-corrected chi connectivity index (χ0v) is 10.7. The topological polar surface area (TPSA) is 35.2 Å². The van der Waals surface area contributed by atoms with Gasteiger partial charge in [-0.25, -0.2) is 0 Å². The zero-order chi connectivity index (χ0) is 12.7. The average Bonchev–Trinajstić information content (AvgIpc) is 2.38. The van der Waals surface area contributed by atoms with Crippen molar-refractivity contribution in [1.82, 2.24) is 0 Å². The predicted octanol–water partition coefficient (Wildman–Crippen LogP) is 4.24. The van der Waals surface area contributed by atoms with Gasteiger partial charge in [0.25, 0.3) is 0 Å². The molecule has 0 bridgehead atoms. The second kappa shape index (κ2) is 4.07. The summed E-state index contributed by atoms with van der Waals surface area (Å²) in [6.45, 7) is 0. The summed E-state index contributed by atoms with van der Waals surface area (Å²) in [6, 6.07) is 13.7. The molecular formula is C15H12ClNO. The van der Waals surface area contributed by atoms with E-state index in [1.165, 1.54) is 0 Å². The van der Waals surface area contributed by atoms with E-state index in [1.807, 2.05) is 36.4 Å². The highest BCUT2D eigenvalue weighted by Crippen LogP contribution is 2.33. The first kappa shape index (κ1) is 11.2. The van der Waals surface area contributed by atoms with Gasteiger partial charge in [0, 0.05) is 21.5 Å². The molecule has 0 aliphatic rings. The van der Waals surface area contributed by atoms with Crippen LogP contribution in [0.1, 0.15) is 0 Å². The molecule has 2 nitrogen and oxygen atoms in total. The van der Waals surface area contributed by atoms with Crippen LogP contribution in [0.25, 0.3) is 21.5 Å². The minimum Gasteiger partial charge on any atom is -0.497 e. The molecule has 0 fully saturated rings. The van der Waals surface area contributed by atoms with Gasteiger partial charge in [0.2, 0.25) is 0 Å². The van der Waals surface area contributed by atoms with Gasteiger partial charge in [0.15, 0.2) is 0 Å². The second-order valence-corrected chi connectivity index (χ2v) is 4.68. The third kappa shape index (κ3) is 1.66. The summed E-state index contributed by atoms with van der Waals surface area (Å²) in [6.07, 6.45) is 0. The van der Waals surface area contributed by atoms with Crippen molar-refractivity contribution in [2.45, 2.75) is 0 Å². The maximum absolute atomic E-state index is 6.23. The van der Waals surface area contributed by atoms with Gasteiger partial charge in [0.1, 0.15) is 5.75 Å². The van der Waals surface area contributed by atoms with Crippen LogP contribution in [0.5, 0.6) is 5.75 Å². The maximum atomic E-state index is 6.23. The Morgan fingerprint density at radius 3 is 2.56 bits per heavy atom. The number of ether oxygens (including phenoxy) is 1. The first-order valence-electron chi connectivity index (χ1n) is 5.64. The molecule has 18 heavy (non-hydrogen) atoms. The summed E-state index contributed by atoms with van der Waals surface area (Å²) in [5, 5.41) is 4.87. The lowest BCUT2D eigenvalue weighted by Crippen LogP contribution is -1.91. The first-order valence-corrected chi connectivity index (χ1v) is 6.02. The summed E-state index contributed by atoms with van der Waals surface area (Å²) in [4.78, 5) is 0. The van der Waals surface area contributed by atoms with Gasteiger partial charge < -0.3 is 10.5 Å². The van der Waals surface area contributed by atoms with Gasteiger partial charge in [0.05, 0.1) is 7.11 Å². The molecule has 0 amide bonds. The zero-order valence-electron chi connectivity index (χ0n) is 9.91. The van der Waals surface area contributed by atoms with Gasteiger partial charge in [-0.05, 0) is 41.1 Å². The van der Waals surface area contributed by atoms with Crippen molar-refractivity contribution in [3.8, 4) is 5.75 Å².